The van der Waals surface area contributed by atoms with Gasteiger partial charge in [-0.25, -0.2) is 4.39 Å². The number of anilines is 1. The number of rotatable bonds is 4. The van der Waals surface area contributed by atoms with Gasteiger partial charge in [-0.3, -0.25) is 9.69 Å². The van der Waals surface area contributed by atoms with Gasteiger partial charge in [0.1, 0.15) is 11.6 Å². The molecule has 1 saturated heterocycles. The largest absolute Gasteiger partial charge is 0.472 e. The molecule has 0 aliphatic carbocycles. The van der Waals surface area contributed by atoms with Crippen molar-refractivity contribution >= 4 is 11.6 Å². The van der Waals surface area contributed by atoms with Crippen molar-refractivity contribution in [3.05, 3.63) is 65.9 Å². The summed E-state index contributed by atoms with van der Waals surface area (Å²) in [6.07, 6.45) is 4.29. The summed E-state index contributed by atoms with van der Waals surface area (Å²) < 4.78 is 20.4. The second-order valence-corrected chi connectivity index (χ2v) is 7.56. The lowest BCUT2D eigenvalue weighted by atomic mass is 9.89. The predicted molar refractivity (Wildman–Crippen MR) is 99.0 cm³/mol. The van der Waals surface area contributed by atoms with Gasteiger partial charge in [-0.05, 0) is 36.1 Å². The highest BCUT2D eigenvalue weighted by molar-refractivity contribution is 6.01. The molecule has 5 rings (SSSR count). The van der Waals surface area contributed by atoms with Crippen molar-refractivity contribution in [2.75, 3.05) is 18.4 Å². The number of benzene rings is 1. The number of carbonyl (C=O) groups is 1. The Morgan fingerprint density at radius 3 is 2.93 bits per heavy atom. The Morgan fingerprint density at radius 1 is 1.21 bits per heavy atom. The molecule has 144 valence electrons. The molecule has 2 aliphatic heterocycles. The number of halogens is 1. The summed E-state index contributed by atoms with van der Waals surface area (Å²) in [4.78, 5) is 15.1. The molecule has 7 nitrogen and oxygen atoms in total. The molecule has 2 aliphatic rings. The van der Waals surface area contributed by atoms with Crippen LogP contribution in [0.25, 0.3) is 0 Å². The zero-order valence-corrected chi connectivity index (χ0v) is 15.2. The molecule has 0 unspecified atom stereocenters. The van der Waals surface area contributed by atoms with E-state index >= 15 is 0 Å². The third-order valence-corrected chi connectivity index (χ3v) is 5.61. The molecular formula is C20H20FN5O2. The Balaban J connectivity index is 1.29. The van der Waals surface area contributed by atoms with Crippen LogP contribution in [0.2, 0.25) is 0 Å². The Bertz CT molecular complexity index is 1000. The van der Waals surface area contributed by atoms with Gasteiger partial charge in [0.15, 0.2) is 0 Å². The number of likely N-dealkylation sites (tertiary alicyclic amines) is 1. The topological polar surface area (TPSA) is 76.2 Å². The molecule has 0 bridgehead atoms. The van der Waals surface area contributed by atoms with Gasteiger partial charge in [0.2, 0.25) is 5.82 Å². The van der Waals surface area contributed by atoms with Gasteiger partial charge >= 0.3 is 0 Å². The van der Waals surface area contributed by atoms with Crippen molar-refractivity contribution < 1.29 is 13.6 Å². The Labute approximate surface area is 161 Å². The number of hydrogen-bond acceptors (Lipinski definition) is 5. The van der Waals surface area contributed by atoms with Crippen LogP contribution in [-0.4, -0.2) is 38.7 Å². The third kappa shape index (κ3) is 3.20. The lowest BCUT2D eigenvalue weighted by molar-refractivity contribution is 0.100. The quantitative estimate of drug-likeness (QED) is 0.752. The van der Waals surface area contributed by atoms with Crippen molar-refractivity contribution in [3.63, 3.8) is 0 Å². The van der Waals surface area contributed by atoms with E-state index < -0.39 is 5.82 Å². The average Bonchev–Trinajstić information content (AvgIpc) is 3.39. The van der Waals surface area contributed by atoms with E-state index in [9.17, 15) is 9.18 Å². The normalized spacial score (nSPS) is 21.3. The van der Waals surface area contributed by atoms with Crippen LogP contribution in [0.1, 0.15) is 22.0 Å². The minimum atomic E-state index is -0.396. The highest BCUT2D eigenvalue weighted by Gasteiger charge is 2.39. The molecule has 2 atom stereocenters. The van der Waals surface area contributed by atoms with Gasteiger partial charge < -0.3 is 14.3 Å². The van der Waals surface area contributed by atoms with Gasteiger partial charge in [0.05, 0.1) is 12.5 Å². The Kier molecular flexibility index (Phi) is 4.20. The number of fused-ring (bicyclic) bond motifs is 2. The first kappa shape index (κ1) is 17.1. The van der Waals surface area contributed by atoms with E-state index in [0.717, 1.165) is 38.4 Å². The minimum Gasteiger partial charge on any atom is -0.472 e. The highest BCUT2D eigenvalue weighted by Crippen LogP contribution is 2.33. The number of carbonyl (C=O) groups excluding carboxylic acids is 1. The van der Waals surface area contributed by atoms with E-state index in [0.29, 0.717) is 17.5 Å². The van der Waals surface area contributed by atoms with Gasteiger partial charge in [-0.2, -0.15) is 0 Å². The van der Waals surface area contributed by atoms with E-state index in [1.165, 1.54) is 17.7 Å². The van der Waals surface area contributed by atoms with Crippen LogP contribution < -0.4 is 5.32 Å². The van der Waals surface area contributed by atoms with Crippen molar-refractivity contribution in [2.45, 2.75) is 19.5 Å². The predicted octanol–water partition coefficient (Wildman–Crippen LogP) is 2.57. The fraction of sp³-hybridized carbons (Fsp3) is 0.350. The molecule has 0 saturated carbocycles. The lowest BCUT2D eigenvalue weighted by Crippen LogP contribution is -2.31. The molecule has 1 fully saturated rings. The molecule has 1 N–H and O–H groups in total. The molecule has 1 amide bonds. The summed E-state index contributed by atoms with van der Waals surface area (Å²) in [6, 6.07) is 7.82. The number of nitrogens with one attached hydrogen (secondary N) is 1. The number of hydrogen-bond donors (Lipinski definition) is 1. The van der Waals surface area contributed by atoms with Crippen LogP contribution in [0, 0.1) is 17.7 Å². The number of furan rings is 1. The molecule has 0 spiro atoms. The van der Waals surface area contributed by atoms with Crippen LogP contribution in [0.15, 0.2) is 47.3 Å². The van der Waals surface area contributed by atoms with E-state index in [4.69, 9.17) is 4.42 Å². The third-order valence-electron chi connectivity index (χ3n) is 5.61. The molecule has 8 heteroatoms. The zero-order chi connectivity index (χ0) is 19.1. The van der Waals surface area contributed by atoms with Crippen molar-refractivity contribution in [3.8, 4) is 0 Å². The van der Waals surface area contributed by atoms with Gasteiger partial charge in [0.25, 0.3) is 5.91 Å². The summed E-state index contributed by atoms with van der Waals surface area (Å²) in [5.74, 6) is 1.34. The summed E-state index contributed by atoms with van der Waals surface area (Å²) in [5, 5.41) is 11.1. The summed E-state index contributed by atoms with van der Waals surface area (Å²) in [7, 11) is 0. The monoisotopic (exact) mass is 381 g/mol. The molecule has 3 aromatic rings. The standard InChI is InChI=1S/C20H20FN5O2/c21-16-2-1-3-17(7-16)22-20(27)19-24-23-18-6-14-9-25(8-13-4-5-28-12-13)10-15(14)11-26(18)19/h1-5,7,12,14-15H,6,8-11H2,(H,22,27)/t14-,15-/m0/s1. The maximum absolute atomic E-state index is 13.4. The van der Waals surface area contributed by atoms with E-state index in [-0.39, 0.29) is 11.7 Å². The maximum atomic E-state index is 13.4. The first-order valence-corrected chi connectivity index (χ1v) is 9.38. The van der Waals surface area contributed by atoms with Crippen LogP contribution in [0.5, 0.6) is 0 Å². The second kappa shape index (κ2) is 6.87. The van der Waals surface area contributed by atoms with Gasteiger partial charge in [-0.1, -0.05) is 6.07 Å². The summed E-state index contributed by atoms with van der Waals surface area (Å²) in [6.45, 7) is 3.57. The van der Waals surface area contributed by atoms with Crippen LogP contribution in [0.3, 0.4) is 0 Å². The zero-order valence-electron chi connectivity index (χ0n) is 15.2. The van der Waals surface area contributed by atoms with Crippen LogP contribution >= 0.6 is 0 Å². The smallest absolute Gasteiger partial charge is 0.293 e. The number of aromatic nitrogens is 3. The molecule has 2 aromatic heterocycles. The summed E-state index contributed by atoms with van der Waals surface area (Å²) >= 11 is 0. The lowest BCUT2D eigenvalue weighted by Gasteiger charge is -2.25. The van der Waals surface area contributed by atoms with Gasteiger partial charge in [-0.15, -0.1) is 10.2 Å². The molecule has 0 radical (unpaired) electrons. The molecule has 28 heavy (non-hydrogen) atoms. The second-order valence-electron chi connectivity index (χ2n) is 7.56. The van der Waals surface area contributed by atoms with Gasteiger partial charge in [0, 0.05) is 43.9 Å². The number of amides is 1. The molecule has 1 aromatic carbocycles. The number of nitrogens with zero attached hydrogens (tertiary/aromatic N) is 4. The first-order chi connectivity index (χ1) is 13.7. The SMILES string of the molecule is O=C(Nc1cccc(F)c1)c1nnc2n1C[C@@H]1CN(Cc3ccoc3)C[C@@H]1C2. The Hall–Kier alpha value is -3.00. The van der Waals surface area contributed by atoms with E-state index in [1.807, 2.05) is 10.6 Å². The van der Waals surface area contributed by atoms with Crippen LogP contribution in [0.4, 0.5) is 10.1 Å². The Morgan fingerprint density at radius 2 is 2.11 bits per heavy atom. The molecule has 4 heterocycles. The average molecular weight is 381 g/mol. The summed E-state index contributed by atoms with van der Waals surface area (Å²) in [5.41, 5.74) is 1.58. The fourth-order valence-corrected chi connectivity index (χ4v) is 4.31. The van der Waals surface area contributed by atoms with Crippen molar-refractivity contribution in [1.29, 1.82) is 0 Å². The maximum Gasteiger partial charge on any atom is 0.293 e. The van der Waals surface area contributed by atoms with E-state index in [2.05, 4.69) is 20.4 Å². The van der Waals surface area contributed by atoms with Crippen molar-refractivity contribution in [2.24, 2.45) is 11.8 Å². The first-order valence-electron chi connectivity index (χ1n) is 9.38. The van der Waals surface area contributed by atoms with Crippen molar-refractivity contribution in [1.82, 2.24) is 19.7 Å². The van der Waals surface area contributed by atoms with E-state index in [1.54, 1.807) is 24.7 Å². The molecular weight excluding hydrogens is 361 g/mol. The highest BCUT2D eigenvalue weighted by atomic mass is 19.1. The van der Waals surface area contributed by atoms with Crippen LogP contribution in [-0.2, 0) is 19.5 Å². The minimum absolute atomic E-state index is 0.283. The fourth-order valence-electron chi connectivity index (χ4n) is 4.31.